The lowest BCUT2D eigenvalue weighted by atomic mass is 10.1. The summed E-state index contributed by atoms with van der Waals surface area (Å²) in [6.07, 6.45) is 0. The molecule has 0 atom stereocenters. The summed E-state index contributed by atoms with van der Waals surface area (Å²) in [7, 11) is 1.29. The van der Waals surface area contributed by atoms with Crippen LogP contribution in [0, 0.1) is 12.7 Å². The van der Waals surface area contributed by atoms with Gasteiger partial charge in [-0.2, -0.15) is 0 Å². The van der Waals surface area contributed by atoms with Crippen LogP contribution in [0.3, 0.4) is 0 Å². The van der Waals surface area contributed by atoms with Crippen molar-refractivity contribution in [1.82, 2.24) is 0 Å². The number of esters is 1. The van der Waals surface area contributed by atoms with Gasteiger partial charge in [0, 0.05) is 11.8 Å². The van der Waals surface area contributed by atoms with E-state index in [-0.39, 0.29) is 18.0 Å². The Kier molecular flexibility index (Phi) is 4.42. The maximum atomic E-state index is 13.2. The molecule has 0 bridgehead atoms. The lowest BCUT2D eigenvalue weighted by Gasteiger charge is -2.12. The Bertz CT molecular complexity index is 671. The Morgan fingerprint density at radius 2 is 2.00 bits per heavy atom. The van der Waals surface area contributed by atoms with E-state index in [1.165, 1.54) is 25.3 Å². The van der Waals surface area contributed by atoms with Crippen LogP contribution in [0.15, 0.2) is 36.4 Å². The second-order valence-electron chi connectivity index (χ2n) is 4.61. The summed E-state index contributed by atoms with van der Waals surface area (Å²) in [5, 5.41) is 0. The Labute approximate surface area is 122 Å². The Morgan fingerprint density at radius 3 is 2.71 bits per heavy atom. The van der Waals surface area contributed by atoms with Gasteiger partial charge >= 0.3 is 5.97 Å². The number of carbonyl (C=O) groups is 1. The number of nitrogen functional groups attached to an aromatic ring is 1. The number of nitrogens with two attached hydrogens (primary N) is 1. The highest BCUT2D eigenvalue weighted by Crippen LogP contribution is 2.24. The van der Waals surface area contributed by atoms with Crippen LogP contribution in [-0.2, 0) is 11.3 Å². The number of ether oxygens (including phenoxy) is 2. The van der Waals surface area contributed by atoms with Crippen molar-refractivity contribution in [2.75, 3.05) is 12.8 Å². The average molecular weight is 289 g/mol. The fraction of sp³-hybridized carbons (Fsp3) is 0.188. The molecule has 0 aliphatic rings. The van der Waals surface area contributed by atoms with Gasteiger partial charge in [0.05, 0.1) is 7.11 Å². The van der Waals surface area contributed by atoms with Gasteiger partial charge < -0.3 is 15.2 Å². The molecule has 0 aromatic heterocycles. The van der Waals surface area contributed by atoms with Crippen LogP contribution in [0.5, 0.6) is 5.75 Å². The van der Waals surface area contributed by atoms with Gasteiger partial charge in [0.1, 0.15) is 23.7 Å². The molecular weight excluding hydrogens is 273 g/mol. The van der Waals surface area contributed by atoms with Gasteiger partial charge in [-0.15, -0.1) is 0 Å². The van der Waals surface area contributed by atoms with E-state index in [1.54, 1.807) is 18.2 Å². The van der Waals surface area contributed by atoms with Crippen LogP contribution in [0.2, 0.25) is 0 Å². The van der Waals surface area contributed by atoms with E-state index in [4.69, 9.17) is 15.2 Å². The van der Waals surface area contributed by atoms with E-state index in [1.807, 2.05) is 6.92 Å². The zero-order valence-electron chi connectivity index (χ0n) is 11.9. The van der Waals surface area contributed by atoms with Crippen LogP contribution >= 0.6 is 0 Å². The van der Waals surface area contributed by atoms with Crippen LogP contribution in [0.25, 0.3) is 0 Å². The number of aryl methyl sites for hydroxylation is 1. The normalized spacial score (nSPS) is 10.2. The van der Waals surface area contributed by atoms with Crippen molar-refractivity contribution < 1.29 is 18.7 Å². The molecule has 21 heavy (non-hydrogen) atoms. The average Bonchev–Trinajstić information content (AvgIpc) is 2.47. The van der Waals surface area contributed by atoms with E-state index < -0.39 is 5.97 Å². The molecule has 2 N–H and O–H groups in total. The topological polar surface area (TPSA) is 61.5 Å². The van der Waals surface area contributed by atoms with Gasteiger partial charge in [-0.05, 0) is 42.3 Å². The third-order valence-electron chi connectivity index (χ3n) is 3.11. The summed E-state index contributed by atoms with van der Waals surface area (Å²) in [4.78, 5) is 11.7. The predicted octanol–water partition coefficient (Wildman–Crippen LogP) is 3.08. The zero-order valence-corrected chi connectivity index (χ0v) is 11.9. The number of anilines is 1. The number of benzene rings is 2. The first kappa shape index (κ1) is 14.8. The van der Waals surface area contributed by atoms with Crippen LogP contribution in [0.1, 0.15) is 21.5 Å². The molecule has 0 saturated carbocycles. The van der Waals surface area contributed by atoms with E-state index in [2.05, 4.69) is 0 Å². The number of halogens is 1. The first-order valence-electron chi connectivity index (χ1n) is 6.37. The van der Waals surface area contributed by atoms with E-state index in [0.29, 0.717) is 17.0 Å². The Hall–Kier alpha value is -2.56. The largest absolute Gasteiger partial charge is 0.488 e. The molecule has 0 heterocycles. The van der Waals surface area contributed by atoms with E-state index in [9.17, 15) is 9.18 Å². The zero-order chi connectivity index (χ0) is 15.4. The lowest BCUT2D eigenvalue weighted by Crippen LogP contribution is -2.07. The molecule has 2 aromatic rings. The van der Waals surface area contributed by atoms with E-state index in [0.717, 1.165) is 5.56 Å². The summed E-state index contributed by atoms with van der Waals surface area (Å²) in [5.41, 5.74) is 8.05. The number of rotatable bonds is 4. The fourth-order valence-corrected chi connectivity index (χ4v) is 1.89. The summed E-state index contributed by atoms with van der Waals surface area (Å²) in [6.45, 7) is 2.00. The lowest BCUT2D eigenvalue weighted by molar-refractivity contribution is 0.0595. The van der Waals surface area contributed by atoms with Gasteiger partial charge in [-0.1, -0.05) is 6.07 Å². The number of hydrogen-bond donors (Lipinski definition) is 1. The van der Waals surface area contributed by atoms with Crippen molar-refractivity contribution in [3.63, 3.8) is 0 Å². The molecule has 0 amide bonds. The third kappa shape index (κ3) is 3.51. The number of carbonyl (C=O) groups excluding carboxylic acids is 1. The maximum absolute atomic E-state index is 13.2. The van der Waals surface area contributed by atoms with Crippen molar-refractivity contribution in [3.05, 3.63) is 58.9 Å². The second kappa shape index (κ2) is 6.26. The highest BCUT2D eigenvalue weighted by Gasteiger charge is 2.14. The van der Waals surface area contributed by atoms with Gasteiger partial charge in [0.15, 0.2) is 0 Å². The molecule has 0 fully saturated rings. The Balaban J connectivity index is 2.25. The maximum Gasteiger partial charge on any atom is 0.341 e. The highest BCUT2D eigenvalue weighted by molar-refractivity contribution is 5.93. The standard InChI is InChI=1S/C16H16FNO3/c1-10-3-4-12(17)7-11(10)9-21-15-8-13(18)5-6-14(15)16(19)20-2/h3-8H,9,18H2,1-2H3. The van der Waals surface area contributed by atoms with Crippen LogP contribution in [0.4, 0.5) is 10.1 Å². The minimum Gasteiger partial charge on any atom is -0.488 e. The van der Waals surface area contributed by atoms with Crippen LogP contribution < -0.4 is 10.5 Å². The van der Waals surface area contributed by atoms with Crippen molar-refractivity contribution in [3.8, 4) is 5.75 Å². The predicted molar refractivity (Wildman–Crippen MR) is 77.7 cm³/mol. The molecule has 0 saturated heterocycles. The first-order valence-corrected chi connectivity index (χ1v) is 6.37. The van der Waals surface area contributed by atoms with Crippen molar-refractivity contribution >= 4 is 11.7 Å². The number of hydrogen-bond acceptors (Lipinski definition) is 4. The van der Waals surface area contributed by atoms with Gasteiger partial charge in [-0.3, -0.25) is 0 Å². The van der Waals surface area contributed by atoms with Gasteiger partial charge in [0.25, 0.3) is 0 Å². The summed E-state index contributed by atoms with van der Waals surface area (Å²) in [6, 6.07) is 9.13. The molecule has 0 aliphatic carbocycles. The highest BCUT2D eigenvalue weighted by atomic mass is 19.1. The molecule has 0 radical (unpaired) electrons. The quantitative estimate of drug-likeness (QED) is 0.694. The van der Waals surface area contributed by atoms with Crippen molar-refractivity contribution in [1.29, 1.82) is 0 Å². The SMILES string of the molecule is COC(=O)c1ccc(N)cc1OCc1cc(F)ccc1C. The Morgan fingerprint density at radius 1 is 1.24 bits per heavy atom. The summed E-state index contributed by atoms with van der Waals surface area (Å²) >= 11 is 0. The molecule has 110 valence electrons. The minimum atomic E-state index is -0.513. The third-order valence-corrected chi connectivity index (χ3v) is 3.11. The smallest absolute Gasteiger partial charge is 0.341 e. The second-order valence-corrected chi connectivity index (χ2v) is 4.61. The number of methoxy groups -OCH3 is 1. The molecule has 4 nitrogen and oxygen atoms in total. The summed E-state index contributed by atoms with van der Waals surface area (Å²) < 4.78 is 23.6. The van der Waals surface area contributed by atoms with Crippen molar-refractivity contribution in [2.24, 2.45) is 0 Å². The van der Waals surface area contributed by atoms with Crippen LogP contribution in [-0.4, -0.2) is 13.1 Å². The minimum absolute atomic E-state index is 0.136. The monoisotopic (exact) mass is 289 g/mol. The van der Waals surface area contributed by atoms with Gasteiger partial charge in [-0.25, -0.2) is 9.18 Å². The molecule has 0 unspecified atom stereocenters. The molecular formula is C16H16FNO3. The molecule has 2 aromatic carbocycles. The molecule has 5 heteroatoms. The molecule has 0 aliphatic heterocycles. The van der Waals surface area contributed by atoms with Gasteiger partial charge in [0.2, 0.25) is 0 Å². The molecule has 0 spiro atoms. The first-order chi connectivity index (χ1) is 10.0. The fourth-order valence-electron chi connectivity index (χ4n) is 1.89. The molecule has 2 rings (SSSR count). The summed E-state index contributed by atoms with van der Waals surface area (Å²) in [5.74, 6) is -0.536. The van der Waals surface area contributed by atoms with Crippen molar-refractivity contribution in [2.45, 2.75) is 13.5 Å². The van der Waals surface area contributed by atoms with E-state index >= 15 is 0 Å².